The van der Waals surface area contributed by atoms with Crippen LogP contribution in [-0.2, 0) is 11.2 Å². The Morgan fingerprint density at radius 3 is 2.95 bits per heavy atom. The number of carboxylic acids is 1. The summed E-state index contributed by atoms with van der Waals surface area (Å²) in [6.07, 6.45) is 5.09. The molecule has 1 saturated heterocycles. The first kappa shape index (κ1) is 14.4. The molecule has 0 bridgehead atoms. The molecule has 1 atom stereocenters. The highest BCUT2D eigenvalue weighted by atomic mass is 16.4. The highest BCUT2D eigenvalue weighted by Crippen LogP contribution is 2.34. The minimum atomic E-state index is -0.814. The van der Waals surface area contributed by atoms with Gasteiger partial charge in [-0.25, -0.2) is 9.78 Å². The van der Waals surface area contributed by atoms with E-state index in [0.717, 1.165) is 5.82 Å². The Labute approximate surface area is 117 Å². The van der Waals surface area contributed by atoms with Crippen LogP contribution in [0, 0.1) is 5.41 Å². The Hall–Kier alpha value is -2.05. The van der Waals surface area contributed by atoms with Crippen molar-refractivity contribution in [2.45, 2.75) is 26.2 Å². The zero-order valence-electron chi connectivity index (χ0n) is 11.6. The molecular weight excluding hydrogens is 260 g/mol. The molecule has 3 N–H and O–H groups in total. The summed E-state index contributed by atoms with van der Waals surface area (Å²) in [5.41, 5.74) is -0.779. The molecule has 110 valence electrons. The summed E-state index contributed by atoms with van der Waals surface area (Å²) < 4.78 is 0. The quantitative estimate of drug-likeness (QED) is 0.744. The molecular formula is C13H20N4O3. The largest absolute Gasteiger partial charge is 0.481 e. The van der Waals surface area contributed by atoms with Crippen LogP contribution in [0.15, 0.2) is 12.4 Å². The van der Waals surface area contributed by atoms with Crippen LogP contribution in [-0.4, -0.2) is 51.6 Å². The number of carbonyl (C=O) groups excluding carboxylic acids is 1. The number of nitrogens with zero attached hydrogens (tertiary/aromatic N) is 2. The first-order valence-corrected chi connectivity index (χ1v) is 6.82. The number of imidazole rings is 1. The third-order valence-electron chi connectivity index (χ3n) is 3.96. The maximum Gasteiger partial charge on any atom is 0.317 e. The molecule has 1 aromatic heterocycles. The monoisotopic (exact) mass is 280 g/mol. The van der Waals surface area contributed by atoms with Crippen LogP contribution >= 0.6 is 0 Å². The van der Waals surface area contributed by atoms with Gasteiger partial charge in [-0.1, -0.05) is 6.92 Å². The summed E-state index contributed by atoms with van der Waals surface area (Å²) >= 11 is 0. The lowest BCUT2D eigenvalue weighted by atomic mass is 9.84. The van der Waals surface area contributed by atoms with Gasteiger partial charge in [-0.2, -0.15) is 0 Å². The second-order valence-electron chi connectivity index (χ2n) is 5.13. The first-order chi connectivity index (χ1) is 9.57. The molecule has 0 saturated carbocycles. The van der Waals surface area contributed by atoms with Crippen molar-refractivity contribution in [2.24, 2.45) is 5.41 Å². The van der Waals surface area contributed by atoms with Gasteiger partial charge in [0, 0.05) is 38.4 Å². The maximum atomic E-state index is 12.0. The maximum absolute atomic E-state index is 12.0. The average molecular weight is 280 g/mol. The molecule has 0 aliphatic carbocycles. The van der Waals surface area contributed by atoms with Crippen molar-refractivity contribution in [3.05, 3.63) is 18.2 Å². The third-order valence-corrected chi connectivity index (χ3v) is 3.96. The third kappa shape index (κ3) is 2.92. The number of amides is 2. The molecule has 1 fully saturated rings. The number of hydrogen-bond donors (Lipinski definition) is 3. The van der Waals surface area contributed by atoms with E-state index in [0.29, 0.717) is 32.4 Å². The van der Waals surface area contributed by atoms with E-state index in [1.54, 1.807) is 17.3 Å². The standard InChI is InChI=1S/C13H20N4O3/c1-2-13(11(18)19)4-8-17(9-13)12(20)16-5-3-10-14-6-7-15-10/h6-7H,2-5,8-9H2,1H3,(H,14,15)(H,16,20)(H,18,19). The SMILES string of the molecule is CCC1(C(=O)O)CCN(C(=O)NCCc2ncc[nH]2)C1. The average Bonchev–Trinajstić information content (AvgIpc) is 3.08. The normalized spacial score (nSPS) is 21.9. The highest BCUT2D eigenvalue weighted by Gasteiger charge is 2.44. The summed E-state index contributed by atoms with van der Waals surface area (Å²) in [5, 5.41) is 12.1. The smallest absolute Gasteiger partial charge is 0.317 e. The number of aromatic amines is 1. The van der Waals surface area contributed by atoms with Crippen molar-refractivity contribution < 1.29 is 14.7 Å². The number of aromatic nitrogens is 2. The Bertz CT molecular complexity index is 474. The van der Waals surface area contributed by atoms with E-state index in [9.17, 15) is 14.7 Å². The Morgan fingerprint density at radius 1 is 1.60 bits per heavy atom. The number of carbonyl (C=O) groups is 2. The summed E-state index contributed by atoms with van der Waals surface area (Å²) in [5.74, 6) is 0.00560. The first-order valence-electron chi connectivity index (χ1n) is 6.82. The predicted molar refractivity (Wildman–Crippen MR) is 72.2 cm³/mol. The van der Waals surface area contributed by atoms with E-state index >= 15 is 0 Å². The summed E-state index contributed by atoms with van der Waals surface area (Å²) in [7, 11) is 0. The van der Waals surface area contributed by atoms with Crippen LogP contribution in [0.5, 0.6) is 0 Å². The van der Waals surface area contributed by atoms with Gasteiger partial charge in [0.1, 0.15) is 5.82 Å². The van der Waals surface area contributed by atoms with E-state index in [2.05, 4.69) is 15.3 Å². The number of rotatable bonds is 5. The lowest BCUT2D eigenvalue weighted by molar-refractivity contribution is -0.148. The Kier molecular flexibility index (Phi) is 4.26. The van der Waals surface area contributed by atoms with Gasteiger partial charge in [-0.3, -0.25) is 4.79 Å². The van der Waals surface area contributed by atoms with Gasteiger partial charge in [0.15, 0.2) is 0 Å². The van der Waals surface area contributed by atoms with Crippen molar-refractivity contribution in [2.75, 3.05) is 19.6 Å². The van der Waals surface area contributed by atoms with E-state index in [1.165, 1.54) is 0 Å². The van der Waals surface area contributed by atoms with Crippen molar-refractivity contribution in [1.29, 1.82) is 0 Å². The molecule has 0 radical (unpaired) electrons. The zero-order chi connectivity index (χ0) is 14.6. The van der Waals surface area contributed by atoms with Crippen molar-refractivity contribution in [3.8, 4) is 0 Å². The lowest BCUT2D eigenvalue weighted by Gasteiger charge is -2.23. The van der Waals surface area contributed by atoms with E-state index < -0.39 is 11.4 Å². The number of nitrogens with one attached hydrogen (secondary N) is 2. The summed E-state index contributed by atoms with van der Waals surface area (Å²) in [6, 6.07) is -0.201. The number of hydrogen-bond acceptors (Lipinski definition) is 3. The van der Waals surface area contributed by atoms with Crippen molar-refractivity contribution in [1.82, 2.24) is 20.2 Å². The van der Waals surface area contributed by atoms with Crippen LogP contribution in [0.3, 0.4) is 0 Å². The zero-order valence-corrected chi connectivity index (χ0v) is 11.6. The van der Waals surface area contributed by atoms with E-state index in [1.807, 2.05) is 6.92 Å². The lowest BCUT2D eigenvalue weighted by Crippen LogP contribution is -2.42. The fourth-order valence-electron chi connectivity index (χ4n) is 2.49. The van der Waals surface area contributed by atoms with Crippen LogP contribution in [0.25, 0.3) is 0 Å². The van der Waals surface area contributed by atoms with Gasteiger partial charge in [-0.05, 0) is 12.8 Å². The van der Waals surface area contributed by atoms with Crippen molar-refractivity contribution in [3.63, 3.8) is 0 Å². The van der Waals surface area contributed by atoms with Crippen LogP contribution in [0.1, 0.15) is 25.6 Å². The molecule has 2 rings (SSSR count). The van der Waals surface area contributed by atoms with Gasteiger partial charge in [-0.15, -0.1) is 0 Å². The minimum Gasteiger partial charge on any atom is -0.481 e. The molecule has 0 spiro atoms. The van der Waals surface area contributed by atoms with E-state index in [4.69, 9.17) is 0 Å². The second-order valence-corrected chi connectivity index (χ2v) is 5.13. The molecule has 1 unspecified atom stereocenters. The molecule has 2 heterocycles. The van der Waals surface area contributed by atoms with Crippen molar-refractivity contribution >= 4 is 12.0 Å². The number of H-pyrrole nitrogens is 1. The number of aliphatic carboxylic acids is 1. The Balaban J connectivity index is 1.80. The molecule has 20 heavy (non-hydrogen) atoms. The van der Waals surface area contributed by atoms with Gasteiger partial charge < -0.3 is 20.3 Å². The van der Waals surface area contributed by atoms with Crippen LogP contribution in [0.4, 0.5) is 4.79 Å². The van der Waals surface area contributed by atoms with Gasteiger partial charge >= 0.3 is 12.0 Å². The Morgan fingerprint density at radius 2 is 2.40 bits per heavy atom. The predicted octanol–water partition coefficient (Wildman–Crippen LogP) is 0.848. The minimum absolute atomic E-state index is 0.201. The molecule has 1 aromatic rings. The van der Waals surface area contributed by atoms with Gasteiger partial charge in [0.2, 0.25) is 0 Å². The fourth-order valence-corrected chi connectivity index (χ4v) is 2.49. The van der Waals surface area contributed by atoms with Crippen LogP contribution < -0.4 is 5.32 Å². The van der Waals surface area contributed by atoms with Gasteiger partial charge in [0.25, 0.3) is 0 Å². The fraction of sp³-hybridized carbons (Fsp3) is 0.615. The molecule has 7 heteroatoms. The second kappa shape index (κ2) is 5.94. The summed E-state index contributed by atoms with van der Waals surface area (Å²) in [6.45, 7) is 3.11. The number of likely N-dealkylation sites (tertiary alicyclic amines) is 1. The topological polar surface area (TPSA) is 98.3 Å². The molecule has 0 aromatic carbocycles. The molecule has 7 nitrogen and oxygen atoms in total. The number of carboxylic acid groups (broad SMARTS) is 1. The van der Waals surface area contributed by atoms with E-state index in [-0.39, 0.29) is 12.6 Å². The van der Waals surface area contributed by atoms with Gasteiger partial charge in [0.05, 0.1) is 5.41 Å². The molecule has 1 aliphatic heterocycles. The highest BCUT2D eigenvalue weighted by molar-refractivity contribution is 5.79. The number of urea groups is 1. The van der Waals surface area contributed by atoms with Crippen LogP contribution in [0.2, 0.25) is 0 Å². The molecule has 1 aliphatic rings. The summed E-state index contributed by atoms with van der Waals surface area (Å²) in [4.78, 5) is 31.9. The molecule has 2 amide bonds.